The van der Waals surface area contributed by atoms with Crippen molar-refractivity contribution < 1.29 is 24.0 Å². The molecule has 2 amide bonds. The van der Waals surface area contributed by atoms with Crippen LogP contribution in [-0.2, 0) is 19.1 Å². The van der Waals surface area contributed by atoms with Crippen LogP contribution in [0.5, 0.6) is 0 Å². The molecule has 1 aromatic rings. The Labute approximate surface area is 157 Å². The first kappa shape index (κ1) is 20.3. The van der Waals surface area contributed by atoms with Gasteiger partial charge in [0.25, 0.3) is 5.91 Å². The fourth-order valence-corrected chi connectivity index (χ4v) is 3.79. The molecule has 4 N–H and O–H groups in total. The summed E-state index contributed by atoms with van der Waals surface area (Å²) < 4.78 is 5.10. The zero-order chi connectivity index (χ0) is 18.9. The number of benzene rings is 1. The molecule has 1 aliphatic rings. The Bertz CT molecular complexity index is 653. The number of hydrogen-bond acceptors (Lipinski definition) is 5. The summed E-state index contributed by atoms with van der Waals surface area (Å²) in [5, 5.41) is 2.90. The lowest BCUT2D eigenvalue weighted by molar-refractivity contribution is -0.899. The molecule has 0 spiro atoms. The quantitative estimate of drug-likeness (QED) is 0.437. The molecule has 1 unspecified atom stereocenters. The highest BCUT2D eigenvalue weighted by molar-refractivity contribution is 8.00. The van der Waals surface area contributed by atoms with Crippen LogP contribution in [0, 0.1) is 5.92 Å². The molecule has 1 saturated heterocycles. The molecule has 7 nitrogen and oxygen atoms in total. The first-order chi connectivity index (χ1) is 12.5. The average molecular weight is 380 g/mol. The van der Waals surface area contributed by atoms with E-state index in [-0.39, 0.29) is 23.5 Å². The van der Waals surface area contributed by atoms with Crippen LogP contribution < -0.4 is 16.0 Å². The van der Waals surface area contributed by atoms with Crippen LogP contribution in [-0.4, -0.2) is 49.8 Å². The van der Waals surface area contributed by atoms with Gasteiger partial charge in [0, 0.05) is 4.90 Å². The lowest BCUT2D eigenvalue weighted by Crippen LogP contribution is -3.14. The number of thioether (sulfide) groups is 1. The molecule has 142 valence electrons. The highest BCUT2D eigenvalue weighted by atomic mass is 32.2. The largest absolute Gasteiger partial charge is 0.466 e. The van der Waals surface area contributed by atoms with Gasteiger partial charge in [-0.15, -0.1) is 11.8 Å². The number of nitrogens with two attached hydrogens (primary N) is 1. The molecule has 2 rings (SSSR count). The number of amides is 2. The van der Waals surface area contributed by atoms with Crippen molar-refractivity contribution in [1.29, 1.82) is 0 Å². The molecular formula is C18H26N3O4S+. The number of nitrogens with one attached hydrogen (secondary N) is 2. The number of piperidine rings is 1. The number of hydrogen-bond donors (Lipinski definition) is 3. The van der Waals surface area contributed by atoms with Crippen molar-refractivity contribution in [2.45, 2.75) is 24.7 Å². The molecular weight excluding hydrogens is 354 g/mol. The van der Waals surface area contributed by atoms with E-state index >= 15 is 0 Å². The number of para-hydroxylation sites is 1. The topological polar surface area (TPSA) is 103 Å². The van der Waals surface area contributed by atoms with Gasteiger partial charge in [0.2, 0.25) is 5.91 Å². The summed E-state index contributed by atoms with van der Waals surface area (Å²) in [4.78, 5) is 37.2. The van der Waals surface area contributed by atoms with E-state index in [1.807, 2.05) is 18.2 Å². The van der Waals surface area contributed by atoms with E-state index in [9.17, 15) is 14.4 Å². The summed E-state index contributed by atoms with van der Waals surface area (Å²) in [6.45, 7) is 3.95. The van der Waals surface area contributed by atoms with Crippen LogP contribution >= 0.6 is 11.8 Å². The minimum absolute atomic E-state index is 0.114. The molecule has 8 heteroatoms. The number of likely N-dealkylation sites (tertiary alicyclic amines) is 1. The third kappa shape index (κ3) is 6.34. The molecule has 0 aromatic heterocycles. The fraction of sp³-hybridized carbons (Fsp3) is 0.500. The van der Waals surface area contributed by atoms with Crippen molar-refractivity contribution in [3.8, 4) is 0 Å². The molecule has 1 heterocycles. The number of carbonyl (C=O) groups excluding carboxylic acids is 3. The van der Waals surface area contributed by atoms with Crippen molar-refractivity contribution in [3.05, 3.63) is 24.3 Å². The average Bonchev–Trinajstić information content (AvgIpc) is 2.61. The highest BCUT2D eigenvalue weighted by Gasteiger charge is 2.30. The molecule has 0 bridgehead atoms. The Morgan fingerprint density at radius 1 is 1.35 bits per heavy atom. The molecule has 1 fully saturated rings. The van der Waals surface area contributed by atoms with Crippen molar-refractivity contribution in [3.63, 3.8) is 0 Å². The number of quaternary nitrogens is 1. The fourth-order valence-electron chi connectivity index (χ4n) is 3.04. The van der Waals surface area contributed by atoms with Gasteiger partial charge in [0.1, 0.15) is 5.92 Å². The lowest BCUT2D eigenvalue weighted by Gasteiger charge is -2.28. The molecule has 2 atom stereocenters. The third-order valence-corrected chi connectivity index (χ3v) is 5.28. The zero-order valence-corrected chi connectivity index (χ0v) is 15.8. The van der Waals surface area contributed by atoms with Gasteiger partial charge >= 0.3 is 5.97 Å². The summed E-state index contributed by atoms with van der Waals surface area (Å²) in [6.07, 6.45) is 1.72. The van der Waals surface area contributed by atoms with Crippen molar-refractivity contribution in [2.24, 2.45) is 11.7 Å². The Balaban J connectivity index is 1.90. The predicted octanol–water partition coefficient (Wildman–Crippen LogP) is 0.0605. The third-order valence-electron chi connectivity index (χ3n) is 4.18. The summed E-state index contributed by atoms with van der Waals surface area (Å²) in [5.41, 5.74) is 5.85. The Hall–Kier alpha value is -2.06. The first-order valence-corrected chi connectivity index (χ1v) is 9.78. The maximum Gasteiger partial charge on any atom is 0.314 e. The van der Waals surface area contributed by atoms with Gasteiger partial charge in [-0.2, -0.15) is 0 Å². The van der Waals surface area contributed by atoms with Crippen LogP contribution in [0.1, 0.15) is 19.8 Å². The Morgan fingerprint density at radius 2 is 2.12 bits per heavy atom. The van der Waals surface area contributed by atoms with Gasteiger partial charge in [-0.1, -0.05) is 12.1 Å². The second-order valence-electron chi connectivity index (χ2n) is 6.27. The Morgan fingerprint density at radius 3 is 2.85 bits per heavy atom. The number of esters is 1. The van der Waals surface area contributed by atoms with E-state index in [1.165, 1.54) is 11.8 Å². The molecule has 1 aliphatic heterocycles. The van der Waals surface area contributed by atoms with Crippen LogP contribution in [0.2, 0.25) is 0 Å². The van der Waals surface area contributed by atoms with Gasteiger partial charge < -0.3 is 20.7 Å². The number of carbonyl (C=O) groups is 3. The standard InChI is InChI=1S/C18H25N3O4S/c1-2-25-18(24)13-6-5-9-21(10-13)11-17(23)20-14-7-3-4-8-15(14)26-12-16(19)22/h3-4,7-8,13H,2,5-6,9-12H2,1H3,(H2,19,22)(H,20,23)/p+1/t13-/m1/s1. The molecule has 0 aliphatic carbocycles. The van der Waals surface area contributed by atoms with Crippen LogP contribution in [0.15, 0.2) is 29.2 Å². The minimum atomic E-state index is -0.404. The smallest absolute Gasteiger partial charge is 0.314 e. The van der Waals surface area contributed by atoms with Crippen LogP contribution in [0.25, 0.3) is 0 Å². The van der Waals surface area contributed by atoms with E-state index in [0.717, 1.165) is 29.2 Å². The lowest BCUT2D eigenvalue weighted by atomic mass is 9.98. The first-order valence-electron chi connectivity index (χ1n) is 8.79. The SMILES string of the molecule is CCOC(=O)[C@@H]1CCC[NH+](CC(=O)Nc2ccccc2SCC(N)=O)C1. The van der Waals surface area contributed by atoms with E-state index in [4.69, 9.17) is 10.5 Å². The second-order valence-corrected chi connectivity index (χ2v) is 7.29. The van der Waals surface area contributed by atoms with Crippen LogP contribution in [0.4, 0.5) is 5.69 Å². The van der Waals surface area contributed by atoms with Crippen molar-refractivity contribution in [2.75, 3.05) is 37.3 Å². The maximum absolute atomic E-state index is 12.4. The zero-order valence-electron chi connectivity index (χ0n) is 15.0. The number of rotatable bonds is 8. The minimum Gasteiger partial charge on any atom is -0.466 e. The maximum atomic E-state index is 12.4. The van der Waals surface area contributed by atoms with Gasteiger partial charge in [-0.3, -0.25) is 14.4 Å². The summed E-state index contributed by atoms with van der Waals surface area (Å²) in [5.74, 6) is -0.662. The van der Waals surface area contributed by atoms with Crippen LogP contribution in [0.3, 0.4) is 0 Å². The van der Waals surface area contributed by atoms with Gasteiger partial charge in [0.05, 0.1) is 31.1 Å². The van der Waals surface area contributed by atoms with E-state index in [0.29, 0.717) is 25.4 Å². The summed E-state index contributed by atoms with van der Waals surface area (Å²) in [7, 11) is 0. The highest BCUT2D eigenvalue weighted by Crippen LogP contribution is 2.26. The van der Waals surface area contributed by atoms with E-state index < -0.39 is 5.91 Å². The summed E-state index contributed by atoms with van der Waals surface area (Å²) >= 11 is 1.30. The van der Waals surface area contributed by atoms with Gasteiger partial charge in [-0.25, -0.2) is 0 Å². The predicted molar refractivity (Wildman–Crippen MR) is 99.9 cm³/mol. The van der Waals surface area contributed by atoms with Gasteiger partial charge in [-0.05, 0) is 31.9 Å². The van der Waals surface area contributed by atoms with Gasteiger partial charge in [0.15, 0.2) is 6.54 Å². The number of primary amides is 1. The van der Waals surface area contributed by atoms with Crippen molar-refractivity contribution >= 4 is 35.2 Å². The van der Waals surface area contributed by atoms with Crippen molar-refractivity contribution in [1.82, 2.24) is 0 Å². The molecule has 1 aromatic carbocycles. The van der Waals surface area contributed by atoms with E-state index in [2.05, 4.69) is 5.32 Å². The Kier molecular flexibility index (Phi) is 7.93. The molecule has 26 heavy (non-hydrogen) atoms. The number of ether oxygens (including phenoxy) is 1. The van der Waals surface area contributed by atoms with E-state index in [1.54, 1.807) is 13.0 Å². The molecule has 0 saturated carbocycles. The number of anilines is 1. The monoisotopic (exact) mass is 380 g/mol. The molecule has 0 radical (unpaired) electrons. The normalized spacial score (nSPS) is 19.6. The second kappa shape index (κ2) is 10.2. The summed E-state index contributed by atoms with van der Waals surface area (Å²) in [6, 6.07) is 7.31.